The number of nitrogens with zero attached hydrogens (tertiary/aromatic N) is 1. The lowest BCUT2D eigenvalue weighted by Crippen LogP contribution is -2.31. The van der Waals surface area contributed by atoms with Crippen molar-refractivity contribution in [2.24, 2.45) is 0 Å². The number of amides is 1. The van der Waals surface area contributed by atoms with Crippen molar-refractivity contribution in [1.29, 1.82) is 0 Å². The molecule has 0 saturated heterocycles. The molecule has 2 aromatic rings. The summed E-state index contributed by atoms with van der Waals surface area (Å²) in [7, 11) is 4.68. The predicted molar refractivity (Wildman–Crippen MR) is 112 cm³/mol. The monoisotopic (exact) mass is 381 g/mol. The number of carbonyl (C=O) groups excluding carboxylic acids is 1. The molecule has 148 valence electrons. The van der Waals surface area contributed by atoms with Crippen molar-refractivity contribution in [2.45, 2.75) is 6.42 Å². The molecule has 0 spiro atoms. The van der Waals surface area contributed by atoms with E-state index >= 15 is 0 Å². The van der Waals surface area contributed by atoms with E-state index in [-0.39, 0.29) is 5.91 Å². The number of methoxy groups -OCH3 is 3. The van der Waals surface area contributed by atoms with Crippen molar-refractivity contribution >= 4 is 12.0 Å². The van der Waals surface area contributed by atoms with Gasteiger partial charge in [0.15, 0.2) is 11.5 Å². The van der Waals surface area contributed by atoms with E-state index in [1.807, 2.05) is 18.2 Å². The molecule has 2 rings (SSSR count). The summed E-state index contributed by atoms with van der Waals surface area (Å²) in [6.07, 6.45) is 5.81. The molecule has 0 saturated carbocycles. The van der Waals surface area contributed by atoms with E-state index < -0.39 is 0 Å². The van der Waals surface area contributed by atoms with E-state index in [1.165, 1.54) is 5.56 Å². The molecule has 0 aromatic heterocycles. The van der Waals surface area contributed by atoms with Gasteiger partial charge in [-0.05, 0) is 35.8 Å². The maximum atomic E-state index is 12.7. The lowest BCUT2D eigenvalue weighted by atomic mass is 10.1. The second kappa shape index (κ2) is 10.8. The fourth-order valence-corrected chi connectivity index (χ4v) is 2.83. The van der Waals surface area contributed by atoms with Crippen LogP contribution in [-0.4, -0.2) is 45.2 Å². The largest absolute Gasteiger partial charge is 0.493 e. The lowest BCUT2D eigenvalue weighted by molar-refractivity contribution is -0.125. The van der Waals surface area contributed by atoms with Gasteiger partial charge in [-0.15, -0.1) is 6.58 Å². The normalized spacial score (nSPS) is 10.5. The first-order chi connectivity index (χ1) is 13.6. The molecule has 0 aliphatic rings. The summed E-state index contributed by atoms with van der Waals surface area (Å²) >= 11 is 0. The summed E-state index contributed by atoms with van der Waals surface area (Å²) in [5.41, 5.74) is 1.97. The van der Waals surface area contributed by atoms with Crippen LogP contribution in [0.1, 0.15) is 11.1 Å². The molecule has 0 aliphatic heterocycles. The van der Waals surface area contributed by atoms with E-state index in [1.54, 1.807) is 56.6 Å². The molecule has 0 atom stereocenters. The molecular formula is C23H27NO4. The van der Waals surface area contributed by atoms with E-state index in [9.17, 15) is 4.79 Å². The fourth-order valence-electron chi connectivity index (χ4n) is 2.83. The highest BCUT2D eigenvalue weighted by Gasteiger charge is 2.13. The van der Waals surface area contributed by atoms with Gasteiger partial charge in [-0.3, -0.25) is 4.79 Å². The van der Waals surface area contributed by atoms with Crippen LogP contribution in [-0.2, 0) is 11.2 Å². The summed E-state index contributed by atoms with van der Waals surface area (Å²) in [6, 6.07) is 13.7. The zero-order chi connectivity index (χ0) is 20.4. The minimum atomic E-state index is -0.0791. The minimum Gasteiger partial charge on any atom is -0.493 e. The predicted octanol–water partition coefficient (Wildman–Crippen LogP) is 3.98. The molecule has 0 N–H and O–H groups in total. The van der Waals surface area contributed by atoms with Crippen LogP contribution in [0.2, 0.25) is 0 Å². The van der Waals surface area contributed by atoms with E-state index in [0.717, 1.165) is 12.0 Å². The molecule has 0 bridgehead atoms. The third kappa shape index (κ3) is 5.64. The highest BCUT2D eigenvalue weighted by molar-refractivity contribution is 5.92. The standard InChI is InChI=1S/C23H27NO4/c1-5-14-24(15-13-18-9-7-6-8-10-18)22(25)12-11-19-16-20(26-2)23(28-4)21(17-19)27-3/h5-12,16-17H,1,13-15H2,2-4H3/b12-11+. The number of carbonyl (C=O) groups is 1. The Balaban J connectivity index is 2.13. The average molecular weight is 381 g/mol. The molecule has 1 amide bonds. The summed E-state index contributed by atoms with van der Waals surface area (Å²) in [5.74, 6) is 1.52. The average Bonchev–Trinajstić information content (AvgIpc) is 2.74. The van der Waals surface area contributed by atoms with E-state index in [0.29, 0.717) is 30.3 Å². The third-order valence-electron chi connectivity index (χ3n) is 4.28. The van der Waals surface area contributed by atoms with E-state index in [4.69, 9.17) is 14.2 Å². The van der Waals surface area contributed by atoms with Gasteiger partial charge in [-0.2, -0.15) is 0 Å². The van der Waals surface area contributed by atoms with Crippen molar-refractivity contribution in [3.63, 3.8) is 0 Å². The van der Waals surface area contributed by atoms with Crippen molar-refractivity contribution < 1.29 is 19.0 Å². The molecule has 2 aromatic carbocycles. The number of rotatable bonds is 10. The number of hydrogen-bond donors (Lipinski definition) is 0. The zero-order valence-electron chi connectivity index (χ0n) is 16.7. The van der Waals surface area contributed by atoms with Crippen LogP contribution in [0.15, 0.2) is 61.2 Å². The Labute approximate surface area is 166 Å². The lowest BCUT2D eigenvalue weighted by Gasteiger charge is -2.19. The van der Waals surface area contributed by atoms with Gasteiger partial charge in [0.1, 0.15) is 0 Å². The topological polar surface area (TPSA) is 48.0 Å². The van der Waals surface area contributed by atoms with Gasteiger partial charge < -0.3 is 19.1 Å². The van der Waals surface area contributed by atoms with Gasteiger partial charge in [0, 0.05) is 19.2 Å². The molecule has 0 aliphatic carbocycles. The van der Waals surface area contributed by atoms with Crippen LogP contribution < -0.4 is 14.2 Å². The minimum absolute atomic E-state index is 0.0791. The van der Waals surface area contributed by atoms with Gasteiger partial charge >= 0.3 is 0 Å². The Bertz CT molecular complexity index is 790. The second-order valence-corrected chi connectivity index (χ2v) is 6.10. The summed E-state index contributed by atoms with van der Waals surface area (Å²) in [5, 5.41) is 0. The zero-order valence-corrected chi connectivity index (χ0v) is 16.7. The molecule has 0 radical (unpaired) electrons. The second-order valence-electron chi connectivity index (χ2n) is 6.10. The van der Waals surface area contributed by atoms with Crippen molar-refractivity contribution in [3.05, 3.63) is 72.3 Å². The van der Waals surface area contributed by atoms with Gasteiger partial charge in [-0.1, -0.05) is 36.4 Å². The molecular weight excluding hydrogens is 354 g/mol. The molecule has 28 heavy (non-hydrogen) atoms. The third-order valence-corrected chi connectivity index (χ3v) is 4.28. The molecule has 5 heteroatoms. The maximum Gasteiger partial charge on any atom is 0.246 e. The maximum absolute atomic E-state index is 12.7. The van der Waals surface area contributed by atoms with Gasteiger partial charge in [0.2, 0.25) is 11.7 Å². The Morgan fingerprint density at radius 3 is 2.21 bits per heavy atom. The molecule has 0 heterocycles. The highest BCUT2D eigenvalue weighted by Crippen LogP contribution is 2.38. The Kier molecular flexibility index (Phi) is 8.15. The first-order valence-electron chi connectivity index (χ1n) is 9.04. The van der Waals surface area contributed by atoms with Crippen LogP contribution in [0, 0.1) is 0 Å². The molecule has 0 unspecified atom stereocenters. The van der Waals surface area contributed by atoms with Crippen molar-refractivity contribution in [1.82, 2.24) is 4.90 Å². The number of benzene rings is 2. The first-order valence-corrected chi connectivity index (χ1v) is 9.04. The Morgan fingerprint density at radius 2 is 1.68 bits per heavy atom. The van der Waals surface area contributed by atoms with Crippen molar-refractivity contribution in [2.75, 3.05) is 34.4 Å². The molecule has 0 fully saturated rings. The van der Waals surface area contributed by atoms with Gasteiger partial charge in [0.25, 0.3) is 0 Å². The summed E-state index contributed by atoms with van der Waals surface area (Å²) in [4.78, 5) is 14.4. The molecule has 5 nitrogen and oxygen atoms in total. The van der Waals surface area contributed by atoms with Crippen LogP contribution in [0.25, 0.3) is 6.08 Å². The Morgan fingerprint density at radius 1 is 1.04 bits per heavy atom. The highest BCUT2D eigenvalue weighted by atomic mass is 16.5. The first kappa shape index (κ1) is 21.1. The number of ether oxygens (including phenoxy) is 3. The summed E-state index contributed by atoms with van der Waals surface area (Å²) < 4.78 is 16.0. The van der Waals surface area contributed by atoms with Crippen LogP contribution in [0.5, 0.6) is 17.2 Å². The quantitative estimate of drug-likeness (QED) is 0.461. The summed E-state index contributed by atoms with van der Waals surface area (Å²) in [6.45, 7) is 4.87. The van der Waals surface area contributed by atoms with Crippen molar-refractivity contribution in [3.8, 4) is 17.2 Å². The number of hydrogen-bond acceptors (Lipinski definition) is 4. The van der Waals surface area contributed by atoms with Gasteiger partial charge in [0.05, 0.1) is 21.3 Å². The van der Waals surface area contributed by atoms with E-state index in [2.05, 4.69) is 18.7 Å². The SMILES string of the molecule is C=CCN(CCc1ccccc1)C(=O)/C=C/c1cc(OC)c(OC)c(OC)c1. The Hall–Kier alpha value is -3.21. The smallest absolute Gasteiger partial charge is 0.246 e. The van der Waals surface area contributed by atoms with Crippen LogP contribution >= 0.6 is 0 Å². The van der Waals surface area contributed by atoms with Crippen LogP contribution in [0.3, 0.4) is 0 Å². The van der Waals surface area contributed by atoms with Gasteiger partial charge in [-0.25, -0.2) is 0 Å². The van der Waals surface area contributed by atoms with Crippen LogP contribution in [0.4, 0.5) is 0 Å². The fraction of sp³-hybridized carbons (Fsp3) is 0.261.